The predicted octanol–water partition coefficient (Wildman–Crippen LogP) is 4.33. The van der Waals surface area contributed by atoms with Crippen LogP contribution in [0.25, 0.3) is 11.1 Å². The van der Waals surface area contributed by atoms with Crippen LogP contribution in [0.1, 0.15) is 16.7 Å². The molecule has 162 valence electrons. The van der Waals surface area contributed by atoms with Crippen LogP contribution in [0.15, 0.2) is 66.7 Å². The van der Waals surface area contributed by atoms with Gasteiger partial charge in [0.1, 0.15) is 6.61 Å². The number of ether oxygens (including phenoxy) is 3. The molecule has 0 aliphatic rings. The highest BCUT2D eigenvalue weighted by atomic mass is 16.5. The maximum absolute atomic E-state index is 12.1. The van der Waals surface area contributed by atoms with Crippen molar-refractivity contribution in [1.82, 2.24) is 5.32 Å². The third-order valence-electron chi connectivity index (χ3n) is 4.93. The molecule has 0 saturated heterocycles. The van der Waals surface area contributed by atoms with E-state index in [2.05, 4.69) is 5.32 Å². The molecule has 0 aromatic heterocycles. The van der Waals surface area contributed by atoms with Crippen molar-refractivity contribution < 1.29 is 24.1 Å². The number of amides is 1. The highest BCUT2D eigenvalue weighted by molar-refractivity contribution is 5.72. The summed E-state index contributed by atoms with van der Waals surface area (Å²) in [5.74, 6) is 1.25. The summed E-state index contributed by atoms with van der Waals surface area (Å²) < 4.78 is 16.2. The van der Waals surface area contributed by atoms with E-state index in [1.165, 1.54) is 0 Å². The highest BCUT2D eigenvalue weighted by Crippen LogP contribution is 2.36. The zero-order valence-electron chi connectivity index (χ0n) is 17.8. The number of rotatable bonds is 9. The summed E-state index contributed by atoms with van der Waals surface area (Å²) in [6.07, 6.45) is 0.121. The molecule has 0 saturated carbocycles. The molecule has 3 aromatic carbocycles. The fourth-order valence-corrected chi connectivity index (χ4v) is 3.26. The van der Waals surface area contributed by atoms with Gasteiger partial charge in [-0.1, -0.05) is 54.6 Å². The van der Waals surface area contributed by atoms with Crippen LogP contribution in [0.3, 0.4) is 0 Å². The minimum atomic E-state index is -0.460. The first kappa shape index (κ1) is 22.2. The Morgan fingerprint density at radius 3 is 2.23 bits per heavy atom. The Labute approximate surface area is 182 Å². The maximum Gasteiger partial charge on any atom is 0.407 e. The Bertz CT molecular complexity index is 987. The van der Waals surface area contributed by atoms with Crippen molar-refractivity contribution in [2.75, 3.05) is 20.8 Å². The Morgan fingerprint density at radius 2 is 1.58 bits per heavy atom. The van der Waals surface area contributed by atoms with E-state index in [4.69, 9.17) is 14.2 Å². The van der Waals surface area contributed by atoms with Crippen molar-refractivity contribution in [2.45, 2.75) is 19.6 Å². The first-order valence-electron chi connectivity index (χ1n) is 10.0. The maximum atomic E-state index is 12.1. The number of carbonyl (C=O) groups excluding carboxylic acids is 1. The van der Waals surface area contributed by atoms with E-state index in [-0.39, 0.29) is 13.2 Å². The van der Waals surface area contributed by atoms with Gasteiger partial charge in [-0.25, -0.2) is 4.79 Å². The molecule has 3 aromatic rings. The van der Waals surface area contributed by atoms with E-state index in [9.17, 15) is 9.90 Å². The second kappa shape index (κ2) is 11.0. The number of benzene rings is 3. The van der Waals surface area contributed by atoms with Crippen molar-refractivity contribution in [3.05, 3.63) is 83.4 Å². The van der Waals surface area contributed by atoms with Crippen molar-refractivity contribution in [2.24, 2.45) is 0 Å². The molecule has 6 heteroatoms. The summed E-state index contributed by atoms with van der Waals surface area (Å²) in [7, 11) is 3.19. The molecule has 0 atom stereocenters. The number of alkyl carbamates (subject to hydrolysis) is 1. The molecule has 0 fully saturated rings. The number of hydrogen-bond donors (Lipinski definition) is 2. The van der Waals surface area contributed by atoms with Crippen LogP contribution in [0.2, 0.25) is 0 Å². The van der Waals surface area contributed by atoms with Gasteiger partial charge in [0.05, 0.1) is 20.8 Å². The topological polar surface area (TPSA) is 77.0 Å². The number of methoxy groups -OCH3 is 2. The van der Waals surface area contributed by atoms with Crippen LogP contribution in [0.4, 0.5) is 4.79 Å². The minimum absolute atomic E-state index is 0.00587. The zero-order chi connectivity index (χ0) is 22.1. The van der Waals surface area contributed by atoms with E-state index in [0.29, 0.717) is 24.5 Å². The van der Waals surface area contributed by atoms with Gasteiger partial charge in [-0.2, -0.15) is 0 Å². The van der Waals surface area contributed by atoms with Crippen LogP contribution >= 0.6 is 0 Å². The van der Waals surface area contributed by atoms with E-state index >= 15 is 0 Å². The molecule has 0 radical (unpaired) electrons. The molecular weight excluding hydrogens is 394 g/mol. The number of aliphatic hydroxyl groups is 1. The summed E-state index contributed by atoms with van der Waals surface area (Å²) >= 11 is 0. The number of hydrogen-bond acceptors (Lipinski definition) is 5. The summed E-state index contributed by atoms with van der Waals surface area (Å²) in [6.45, 7) is 0.629. The normalized spacial score (nSPS) is 10.4. The number of carbonyl (C=O) groups is 1. The summed E-state index contributed by atoms with van der Waals surface area (Å²) in [4.78, 5) is 12.1. The molecule has 0 heterocycles. The van der Waals surface area contributed by atoms with Gasteiger partial charge in [-0.05, 0) is 46.4 Å². The largest absolute Gasteiger partial charge is 0.493 e. The molecule has 0 spiro atoms. The average molecular weight is 421 g/mol. The minimum Gasteiger partial charge on any atom is -0.493 e. The van der Waals surface area contributed by atoms with E-state index < -0.39 is 6.09 Å². The number of nitrogens with one attached hydrogen (secondary N) is 1. The Morgan fingerprint density at radius 1 is 0.903 bits per heavy atom. The lowest BCUT2D eigenvalue weighted by molar-refractivity contribution is 0.140. The monoisotopic (exact) mass is 421 g/mol. The van der Waals surface area contributed by atoms with E-state index in [1.54, 1.807) is 14.2 Å². The molecule has 31 heavy (non-hydrogen) atoms. The smallest absolute Gasteiger partial charge is 0.407 e. The quantitative estimate of drug-likeness (QED) is 0.538. The van der Waals surface area contributed by atoms with Crippen LogP contribution in [0, 0.1) is 0 Å². The average Bonchev–Trinajstić information content (AvgIpc) is 2.83. The lowest BCUT2D eigenvalue weighted by Crippen LogP contribution is -2.26. The molecule has 6 nitrogen and oxygen atoms in total. The lowest BCUT2D eigenvalue weighted by atomic mass is 9.96. The van der Waals surface area contributed by atoms with Gasteiger partial charge in [0.2, 0.25) is 0 Å². The predicted molar refractivity (Wildman–Crippen MR) is 119 cm³/mol. The second-order valence-corrected chi connectivity index (χ2v) is 6.96. The third-order valence-corrected chi connectivity index (χ3v) is 4.93. The van der Waals surface area contributed by atoms with Crippen molar-refractivity contribution in [3.63, 3.8) is 0 Å². The zero-order valence-corrected chi connectivity index (χ0v) is 17.8. The Kier molecular flexibility index (Phi) is 7.90. The SMILES string of the molecule is COc1cc(CCNC(=O)OCc2ccccc2)c(-c2ccc(CO)cc2)cc1OC. The van der Waals surface area contributed by atoms with Crippen molar-refractivity contribution >= 4 is 6.09 Å². The molecule has 0 aliphatic carbocycles. The van der Waals surface area contributed by atoms with Crippen molar-refractivity contribution in [1.29, 1.82) is 0 Å². The molecule has 0 unspecified atom stereocenters. The van der Waals surface area contributed by atoms with Gasteiger partial charge in [-0.15, -0.1) is 0 Å². The molecule has 0 bridgehead atoms. The van der Waals surface area contributed by atoms with Crippen LogP contribution in [-0.4, -0.2) is 32.0 Å². The van der Waals surface area contributed by atoms with E-state index in [1.807, 2.05) is 66.7 Å². The Balaban J connectivity index is 1.70. The second-order valence-electron chi connectivity index (χ2n) is 6.96. The lowest BCUT2D eigenvalue weighted by Gasteiger charge is -2.16. The van der Waals surface area contributed by atoms with Crippen LogP contribution in [-0.2, 0) is 24.4 Å². The van der Waals surface area contributed by atoms with Crippen molar-refractivity contribution in [3.8, 4) is 22.6 Å². The van der Waals surface area contributed by atoms with Gasteiger partial charge in [0.15, 0.2) is 11.5 Å². The van der Waals surface area contributed by atoms with Gasteiger partial charge < -0.3 is 24.6 Å². The fourth-order valence-electron chi connectivity index (χ4n) is 3.26. The Hall–Kier alpha value is -3.51. The summed E-state index contributed by atoms with van der Waals surface area (Å²) in [6, 6.07) is 21.1. The first-order valence-corrected chi connectivity index (χ1v) is 10.0. The van der Waals surface area contributed by atoms with E-state index in [0.717, 1.165) is 27.8 Å². The van der Waals surface area contributed by atoms with Crippen LogP contribution in [0.5, 0.6) is 11.5 Å². The molecule has 3 rings (SSSR count). The molecule has 0 aliphatic heterocycles. The molecule has 1 amide bonds. The third kappa shape index (κ3) is 5.99. The number of aliphatic hydroxyl groups excluding tert-OH is 1. The van der Waals surface area contributed by atoms with Gasteiger partial charge >= 0.3 is 6.09 Å². The standard InChI is InChI=1S/C25H27NO5/c1-29-23-14-21(12-13-26-25(28)31-17-19-6-4-3-5-7-19)22(15-24(23)30-2)20-10-8-18(16-27)9-11-20/h3-11,14-15,27H,12-13,16-17H2,1-2H3,(H,26,28). The summed E-state index contributed by atoms with van der Waals surface area (Å²) in [5.41, 5.74) is 4.74. The van der Waals surface area contributed by atoms with Gasteiger partial charge in [-0.3, -0.25) is 0 Å². The molecule has 2 N–H and O–H groups in total. The van der Waals surface area contributed by atoms with Gasteiger partial charge in [0.25, 0.3) is 0 Å². The van der Waals surface area contributed by atoms with Crippen LogP contribution < -0.4 is 14.8 Å². The highest BCUT2D eigenvalue weighted by Gasteiger charge is 2.13. The van der Waals surface area contributed by atoms with Gasteiger partial charge in [0, 0.05) is 6.54 Å². The fraction of sp³-hybridized carbons (Fsp3) is 0.240. The summed E-state index contributed by atoms with van der Waals surface area (Å²) in [5, 5.41) is 12.1. The first-order chi connectivity index (χ1) is 15.1. The molecular formula is C25H27NO5.